The van der Waals surface area contributed by atoms with Crippen molar-refractivity contribution in [3.63, 3.8) is 0 Å². The van der Waals surface area contributed by atoms with Gasteiger partial charge in [0.2, 0.25) is 11.8 Å². The molecule has 3 aliphatic heterocycles. The average molecular weight is 472 g/mol. The number of carbonyl (C=O) groups is 3. The molecule has 3 amide bonds. The van der Waals surface area contributed by atoms with E-state index in [0.29, 0.717) is 29.1 Å². The highest BCUT2D eigenvalue weighted by Gasteiger charge is 2.48. The van der Waals surface area contributed by atoms with Crippen LogP contribution in [0.1, 0.15) is 80.1 Å². The molecule has 2 saturated carbocycles. The molecule has 2 aliphatic carbocycles. The van der Waals surface area contributed by atoms with Crippen LogP contribution in [-0.2, 0) is 20.9 Å². The first-order valence-electron chi connectivity index (χ1n) is 12.6. The maximum Gasteiger partial charge on any atom is 0.255 e. The molecule has 1 unspecified atom stereocenters. The number of benzene rings is 1. The molecular formula is C26H37N3O5. The molecule has 1 spiro atoms. The standard InChI is InChI=1S/C13H12N2O4.C7H13NO.C6H12/c16-8-1-2-9-7(5-8)6-15(13(9)19)10-3-4-11(17)14-12(10)18;1-9-6-2-7(3-6)4-8-5-7;1-2-4-6-5-3-1/h1-2,5,10,16H,3-4,6H2,(H,14,17,18);6,8H,2-5H2,1H3;1-6H2. The van der Waals surface area contributed by atoms with E-state index in [1.54, 1.807) is 6.07 Å². The SMILES string of the molecule is C1CCCCC1.COC1CC2(CNC2)C1.O=C1CCC(N2Cc3cc(O)ccc3C2=O)C(=O)N1. The summed E-state index contributed by atoms with van der Waals surface area (Å²) in [7, 11) is 1.81. The first kappa shape index (κ1) is 24.7. The molecule has 3 N–H and O–H groups in total. The Morgan fingerprint density at radius 3 is 2.21 bits per heavy atom. The lowest BCUT2D eigenvalue weighted by atomic mass is 9.63. The van der Waals surface area contributed by atoms with E-state index < -0.39 is 11.9 Å². The summed E-state index contributed by atoms with van der Waals surface area (Å²) in [5, 5.41) is 14.9. The third kappa shape index (κ3) is 5.61. The molecule has 2 saturated heterocycles. The van der Waals surface area contributed by atoms with Gasteiger partial charge >= 0.3 is 0 Å². The maximum absolute atomic E-state index is 12.2. The summed E-state index contributed by atoms with van der Waals surface area (Å²) < 4.78 is 5.19. The smallest absolute Gasteiger partial charge is 0.255 e. The molecule has 186 valence electrons. The normalized spacial score (nSPS) is 25.1. The van der Waals surface area contributed by atoms with Gasteiger partial charge in [0.25, 0.3) is 5.91 Å². The molecular weight excluding hydrogens is 434 g/mol. The number of fused-ring (bicyclic) bond motifs is 1. The summed E-state index contributed by atoms with van der Waals surface area (Å²) in [6, 6.07) is 3.92. The number of phenols is 1. The van der Waals surface area contributed by atoms with Gasteiger partial charge in [-0.05, 0) is 43.0 Å². The molecule has 0 aromatic heterocycles. The Hall–Kier alpha value is -2.45. The Bertz CT molecular complexity index is 890. The fourth-order valence-electron chi connectivity index (χ4n) is 5.46. The highest BCUT2D eigenvalue weighted by molar-refractivity contribution is 6.05. The molecule has 6 rings (SSSR count). The molecule has 34 heavy (non-hydrogen) atoms. The predicted molar refractivity (Wildman–Crippen MR) is 127 cm³/mol. The van der Waals surface area contributed by atoms with Crippen LogP contribution in [0.4, 0.5) is 0 Å². The third-order valence-electron chi connectivity index (χ3n) is 7.66. The molecule has 0 bridgehead atoms. The Balaban J connectivity index is 0.000000149. The minimum Gasteiger partial charge on any atom is -0.508 e. The first-order valence-corrected chi connectivity index (χ1v) is 12.6. The molecule has 1 atom stereocenters. The number of hydrogen-bond acceptors (Lipinski definition) is 6. The van der Waals surface area contributed by atoms with Crippen molar-refractivity contribution in [1.82, 2.24) is 15.5 Å². The topological polar surface area (TPSA) is 108 Å². The lowest BCUT2D eigenvalue weighted by Crippen LogP contribution is -2.62. The van der Waals surface area contributed by atoms with Gasteiger partial charge in [0.1, 0.15) is 11.8 Å². The number of piperidine rings is 1. The van der Waals surface area contributed by atoms with Gasteiger partial charge in [-0.2, -0.15) is 0 Å². The van der Waals surface area contributed by atoms with Crippen molar-refractivity contribution < 1.29 is 24.2 Å². The van der Waals surface area contributed by atoms with Crippen LogP contribution in [0.5, 0.6) is 5.75 Å². The van der Waals surface area contributed by atoms with Crippen LogP contribution >= 0.6 is 0 Å². The number of aromatic hydroxyl groups is 1. The number of rotatable bonds is 2. The highest BCUT2D eigenvalue weighted by Crippen LogP contribution is 2.45. The van der Waals surface area contributed by atoms with E-state index in [1.165, 1.54) is 81.5 Å². The number of nitrogens with zero attached hydrogens (tertiary/aromatic N) is 1. The summed E-state index contributed by atoms with van der Waals surface area (Å²) in [6.07, 6.45) is 12.7. The van der Waals surface area contributed by atoms with E-state index in [0.717, 1.165) is 0 Å². The van der Waals surface area contributed by atoms with Crippen LogP contribution in [0, 0.1) is 5.41 Å². The van der Waals surface area contributed by atoms with E-state index in [-0.39, 0.29) is 30.5 Å². The second-order valence-corrected chi connectivity index (χ2v) is 10.2. The quantitative estimate of drug-likeness (QED) is 0.573. The summed E-state index contributed by atoms with van der Waals surface area (Å²) in [6.45, 7) is 2.74. The molecule has 4 fully saturated rings. The Morgan fingerprint density at radius 1 is 1.03 bits per heavy atom. The van der Waals surface area contributed by atoms with Crippen molar-refractivity contribution in [2.24, 2.45) is 5.41 Å². The van der Waals surface area contributed by atoms with Crippen molar-refractivity contribution in [2.75, 3.05) is 20.2 Å². The first-order chi connectivity index (χ1) is 16.4. The van der Waals surface area contributed by atoms with Crippen molar-refractivity contribution in [2.45, 2.75) is 82.9 Å². The second kappa shape index (κ2) is 10.9. The third-order valence-corrected chi connectivity index (χ3v) is 7.66. The number of hydrogen-bond donors (Lipinski definition) is 3. The van der Waals surface area contributed by atoms with Crippen LogP contribution in [0.15, 0.2) is 18.2 Å². The second-order valence-electron chi connectivity index (χ2n) is 10.2. The molecule has 1 aromatic rings. The molecule has 1 aromatic carbocycles. The van der Waals surface area contributed by atoms with E-state index in [2.05, 4.69) is 10.6 Å². The summed E-state index contributed by atoms with van der Waals surface area (Å²) >= 11 is 0. The van der Waals surface area contributed by atoms with Crippen LogP contribution in [-0.4, -0.2) is 60.1 Å². The fraction of sp³-hybridized carbons (Fsp3) is 0.654. The van der Waals surface area contributed by atoms with Crippen LogP contribution in [0.3, 0.4) is 0 Å². The van der Waals surface area contributed by atoms with Gasteiger partial charge in [0.15, 0.2) is 0 Å². The number of methoxy groups -OCH3 is 1. The van der Waals surface area contributed by atoms with Crippen molar-refractivity contribution >= 4 is 17.7 Å². The van der Waals surface area contributed by atoms with Crippen LogP contribution in [0.25, 0.3) is 0 Å². The van der Waals surface area contributed by atoms with Gasteiger partial charge in [0.05, 0.1) is 6.10 Å². The minimum atomic E-state index is -0.611. The van der Waals surface area contributed by atoms with Crippen molar-refractivity contribution in [3.8, 4) is 5.75 Å². The van der Waals surface area contributed by atoms with E-state index in [1.807, 2.05) is 7.11 Å². The largest absolute Gasteiger partial charge is 0.508 e. The summed E-state index contributed by atoms with van der Waals surface area (Å²) in [5.74, 6) is -0.870. The zero-order valence-electron chi connectivity index (χ0n) is 20.1. The van der Waals surface area contributed by atoms with Gasteiger partial charge in [-0.25, -0.2) is 0 Å². The van der Waals surface area contributed by atoms with Crippen LogP contribution < -0.4 is 10.6 Å². The van der Waals surface area contributed by atoms with Crippen molar-refractivity contribution in [3.05, 3.63) is 29.3 Å². The number of amides is 3. The Kier molecular flexibility index (Phi) is 7.88. The van der Waals surface area contributed by atoms with Gasteiger partial charge in [0, 0.05) is 44.1 Å². The molecule has 0 radical (unpaired) electrons. The van der Waals surface area contributed by atoms with E-state index in [4.69, 9.17) is 4.74 Å². The van der Waals surface area contributed by atoms with Crippen molar-refractivity contribution in [1.29, 1.82) is 0 Å². The number of imide groups is 1. The molecule has 5 aliphatic rings. The van der Waals surface area contributed by atoms with Gasteiger partial charge in [-0.15, -0.1) is 0 Å². The number of phenolic OH excluding ortho intramolecular Hbond substituents is 1. The Morgan fingerprint density at radius 2 is 1.68 bits per heavy atom. The van der Waals surface area contributed by atoms with E-state index >= 15 is 0 Å². The lowest BCUT2D eigenvalue weighted by Gasteiger charge is -2.53. The molecule has 3 heterocycles. The average Bonchev–Trinajstić information content (AvgIpc) is 3.09. The van der Waals surface area contributed by atoms with Crippen LogP contribution in [0.2, 0.25) is 0 Å². The number of nitrogens with one attached hydrogen (secondary N) is 2. The van der Waals surface area contributed by atoms with Gasteiger partial charge in [-0.3, -0.25) is 19.7 Å². The zero-order chi connectivity index (χ0) is 24.1. The number of carbonyl (C=O) groups excluding carboxylic acids is 3. The maximum atomic E-state index is 12.2. The zero-order valence-corrected chi connectivity index (χ0v) is 20.1. The summed E-state index contributed by atoms with van der Waals surface area (Å²) in [4.78, 5) is 36.6. The highest BCUT2D eigenvalue weighted by atomic mass is 16.5. The predicted octanol–water partition coefficient (Wildman–Crippen LogP) is 2.88. The fourth-order valence-corrected chi connectivity index (χ4v) is 5.46. The number of ether oxygens (including phenoxy) is 1. The molecule has 8 heteroatoms. The monoisotopic (exact) mass is 471 g/mol. The summed E-state index contributed by atoms with van der Waals surface area (Å²) in [5.41, 5.74) is 1.89. The van der Waals surface area contributed by atoms with Gasteiger partial charge < -0.3 is 20.1 Å². The minimum absolute atomic E-state index is 0.0941. The Labute approximate surface area is 201 Å². The van der Waals surface area contributed by atoms with Gasteiger partial charge in [-0.1, -0.05) is 38.5 Å². The lowest BCUT2D eigenvalue weighted by molar-refractivity contribution is -0.136. The van der Waals surface area contributed by atoms with E-state index in [9.17, 15) is 19.5 Å². The molecule has 8 nitrogen and oxygen atoms in total.